The molecule has 0 saturated carbocycles. The maximum absolute atomic E-state index is 6.07. The van der Waals surface area contributed by atoms with Crippen LogP contribution in [0.2, 0.25) is 0 Å². The van der Waals surface area contributed by atoms with Gasteiger partial charge < -0.3 is 42.1 Å². The number of fused-ring (bicyclic) bond motifs is 9. The van der Waals surface area contributed by atoms with Gasteiger partial charge in [-0.3, -0.25) is 0 Å². The molecule has 0 atom stereocenters. The van der Waals surface area contributed by atoms with E-state index >= 15 is 0 Å². The summed E-state index contributed by atoms with van der Waals surface area (Å²) in [6.07, 6.45) is 7.62. The van der Waals surface area contributed by atoms with Gasteiger partial charge in [-0.2, -0.15) is 0 Å². The van der Waals surface area contributed by atoms with Crippen molar-refractivity contribution in [2.45, 2.75) is 65.1 Å². The second-order valence-corrected chi connectivity index (χ2v) is 14.5. The number of hydrogen-bond acceptors (Lipinski definition) is 6. The summed E-state index contributed by atoms with van der Waals surface area (Å²) < 4.78 is 41.1. The van der Waals surface area contributed by atoms with E-state index in [4.69, 9.17) is 28.4 Å². The summed E-state index contributed by atoms with van der Waals surface area (Å²) >= 11 is 0. The Hall–Kier alpha value is -3.96. The number of methoxy groups -OCH3 is 2. The highest BCUT2D eigenvalue weighted by molar-refractivity contribution is 6.21. The van der Waals surface area contributed by atoms with Gasteiger partial charge in [0.2, 0.25) is 0 Å². The lowest BCUT2D eigenvalue weighted by Gasteiger charge is -2.10. The van der Waals surface area contributed by atoms with Crippen molar-refractivity contribution in [1.29, 1.82) is 0 Å². The van der Waals surface area contributed by atoms with E-state index in [9.17, 15) is 0 Å². The van der Waals surface area contributed by atoms with E-state index in [1.807, 2.05) is 0 Å². The van der Waals surface area contributed by atoms with Crippen LogP contribution in [0.4, 0.5) is 0 Å². The zero-order chi connectivity index (χ0) is 37.8. The average molecular weight is 750 g/mol. The Kier molecular flexibility index (Phi) is 14.1. The molecule has 0 aliphatic carbocycles. The fraction of sp³-hybridized carbons (Fsp3) is 0.478. The molecule has 55 heavy (non-hydrogen) atoms. The third kappa shape index (κ3) is 8.88. The molecule has 7 rings (SSSR count). The number of benzene rings is 4. The third-order valence-corrected chi connectivity index (χ3v) is 10.9. The van der Waals surface area contributed by atoms with E-state index in [-0.39, 0.29) is 0 Å². The molecule has 9 nitrogen and oxygen atoms in total. The van der Waals surface area contributed by atoms with E-state index in [2.05, 4.69) is 93.4 Å². The topological polar surface area (TPSA) is 70.2 Å². The van der Waals surface area contributed by atoms with Gasteiger partial charge in [0.1, 0.15) is 0 Å². The molecule has 0 fully saturated rings. The Morgan fingerprint density at radius 3 is 1.18 bits per heavy atom. The molecule has 9 heteroatoms. The number of unbranched alkanes of at least 4 members (excludes halogenated alkanes) is 5. The third-order valence-electron chi connectivity index (χ3n) is 10.9. The van der Waals surface area contributed by atoms with Crippen molar-refractivity contribution in [3.8, 4) is 0 Å². The molecule has 0 unspecified atom stereocenters. The van der Waals surface area contributed by atoms with Crippen molar-refractivity contribution >= 4 is 65.4 Å². The van der Waals surface area contributed by atoms with Crippen LogP contribution in [0.25, 0.3) is 65.4 Å². The summed E-state index contributed by atoms with van der Waals surface area (Å²) in [7, 11) is 3.38. The van der Waals surface area contributed by atoms with Crippen molar-refractivity contribution < 1.29 is 28.4 Å². The molecule has 4 aromatic carbocycles. The van der Waals surface area contributed by atoms with Crippen molar-refractivity contribution in [2.24, 2.45) is 0 Å². The molecule has 0 radical (unpaired) electrons. The van der Waals surface area contributed by atoms with E-state index in [1.54, 1.807) is 14.2 Å². The first kappa shape index (κ1) is 39.3. The normalized spacial score (nSPS) is 12.3. The molecule has 0 spiro atoms. The van der Waals surface area contributed by atoms with Crippen LogP contribution in [-0.2, 0) is 48.1 Å². The minimum atomic E-state index is 0.564. The van der Waals surface area contributed by atoms with Crippen molar-refractivity contribution in [2.75, 3.05) is 80.3 Å². The highest BCUT2D eigenvalue weighted by Gasteiger charge is 2.20. The number of aromatic nitrogens is 3. The highest BCUT2D eigenvalue weighted by Crippen LogP contribution is 2.40. The van der Waals surface area contributed by atoms with Crippen molar-refractivity contribution in [3.63, 3.8) is 0 Å². The average Bonchev–Trinajstić information content (AvgIpc) is 3.81. The van der Waals surface area contributed by atoms with Gasteiger partial charge in [0.15, 0.2) is 0 Å². The summed E-state index contributed by atoms with van der Waals surface area (Å²) in [6.45, 7) is 10.7. The van der Waals surface area contributed by atoms with Gasteiger partial charge in [0.05, 0.1) is 66.1 Å². The Morgan fingerprint density at radius 1 is 0.364 bits per heavy atom. The Labute approximate surface area is 324 Å². The van der Waals surface area contributed by atoms with E-state index in [0.717, 1.165) is 19.6 Å². The second-order valence-electron chi connectivity index (χ2n) is 14.5. The maximum atomic E-state index is 6.07. The largest absolute Gasteiger partial charge is 0.382 e. The van der Waals surface area contributed by atoms with Crippen LogP contribution < -0.4 is 0 Å². The maximum Gasteiger partial charge on any atom is 0.0701 e. The molecule has 0 saturated heterocycles. The van der Waals surface area contributed by atoms with Gasteiger partial charge in [0.25, 0.3) is 0 Å². The van der Waals surface area contributed by atoms with Gasteiger partial charge >= 0.3 is 0 Å². The molecular weight excluding hydrogens is 691 g/mol. The number of nitrogens with zero attached hydrogens (tertiary/aromatic N) is 3. The number of aryl methyl sites for hydroxylation is 1. The summed E-state index contributed by atoms with van der Waals surface area (Å²) in [5.41, 5.74) is 7.59. The number of rotatable bonds is 25. The molecule has 3 heterocycles. The van der Waals surface area contributed by atoms with Gasteiger partial charge in [0, 0.05) is 99.3 Å². The summed E-state index contributed by atoms with van der Waals surface area (Å²) in [4.78, 5) is 0. The Morgan fingerprint density at radius 2 is 0.727 bits per heavy atom. The number of para-hydroxylation sites is 2. The van der Waals surface area contributed by atoms with Gasteiger partial charge in [-0.05, 0) is 42.8 Å². The van der Waals surface area contributed by atoms with Crippen LogP contribution in [0.1, 0.15) is 45.4 Å². The molecule has 0 aliphatic heterocycles. The summed E-state index contributed by atoms with van der Waals surface area (Å²) in [5.74, 6) is 0. The Bertz CT molecular complexity index is 2130. The molecule has 0 N–H and O–H groups in total. The standard InChI is InChI=1S/C46H59N3O6/c1-4-5-6-7-8-13-18-47-45-31-37-35-14-9-11-16-41(35)48(19-21-52-27-29-54-25-23-50-2)43(37)33-39(45)40-34-44-38(32-46(40)47)36-15-10-12-17-42(36)49(44)20-22-53-28-30-55-26-24-51-3/h9-12,14-17,31-34H,4-8,13,18-30H2,1-3H3. The van der Waals surface area contributed by atoms with E-state index < -0.39 is 0 Å². The Balaban J connectivity index is 1.27. The van der Waals surface area contributed by atoms with Crippen LogP contribution in [-0.4, -0.2) is 94.0 Å². The molecular formula is C46H59N3O6. The summed E-state index contributed by atoms with van der Waals surface area (Å²) in [6, 6.07) is 27.4. The lowest BCUT2D eigenvalue weighted by atomic mass is 10.1. The highest BCUT2D eigenvalue weighted by atomic mass is 16.5. The van der Waals surface area contributed by atoms with Gasteiger partial charge in [-0.1, -0.05) is 75.4 Å². The fourth-order valence-electron chi connectivity index (χ4n) is 8.19. The van der Waals surface area contributed by atoms with E-state index in [1.165, 1.54) is 104 Å². The molecule has 0 aliphatic rings. The molecule has 294 valence electrons. The lowest BCUT2D eigenvalue weighted by molar-refractivity contribution is 0.0234. The molecule has 0 bridgehead atoms. The van der Waals surface area contributed by atoms with Crippen LogP contribution in [0, 0.1) is 0 Å². The summed E-state index contributed by atoms with van der Waals surface area (Å²) in [5, 5.41) is 7.75. The molecule has 3 aromatic heterocycles. The van der Waals surface area contributed by atoms with Crippen LogP contribution in [0.15, 0.2) is 72.8 Å². The first-order valence-corrected chi connectivity index (χ1v) is 20.4. The minimum Gasteiger partial charge on any atom is -0.382 e. The van der Waals surface area contributed by atoms with Crippen molar-refractivity contribution in [3.05, 3.63) is 72.8 Å². The van der Waals surface area contributed by atoms with Crippen LogP contribution in [0.3, 0.4) is 0 Å². The minimum absolute atomic E-state index is 0.564. The zero-order valence-electron chi connectivity index (χ0n) is 33.2. The van der Waals surface area contributed by atoms with E-state index in [0.29, 0.717) is 66.1 Å². The fourth-order valence-corrected chi connectivity index (χ4v) is 8.19. The van der Waals surface area contributed by atoms with Gasteiger partial charge in [-0.25, -0.2) is 0 Å². The monoisotopic (exact) mass is 749 g/mol. The molecule has 0 amide bonds. The van der Waals surface area contributed by atoms with Crippen LogP contribution >= 0.6 is 0 Å². The quantitative estimate of drug-likeness (QED) is 0.0543. The second kappa shape index (κ2) is 19.8. The SMILES string of the molecule is CCCCCCCCn1c2cc3c4ccccc4n(CCOCCOCCOC)c3cc2c2cc3c(cc21)c1ccccc1n3CCOCCOCCOC. The van der Waals surface area contributed by atoms with Crippen LogP contribution in [0.5, 0.6) is 0 Å². The zero-order valence-corrected chi connectivity index (χ0v) is 33.2. The smallest absolute Gasteiger partial charge is 0.0701 e. The predicted octanol–water partition coefficient (Wildman–Crippen LogP) is 9.73. The predicted molar refractivity (Wildman–Crippen MR) is 226 cm³/mol. The van der Waals surface area contributed by atoms with Gasteiger partial charge in [-0.15, -0.1) is 0 Å². The first-order chi connectivity index (χ1) is 27.2. The molecule has 7 aromatic rings. The number of ether oxygens (including phenoxy) is 6. The lowest BCUT2D eigenvalue weighted by Crippen LogP contribution is -2.11. The number of hydrogen-bond donors (Lipinski definition) is 0. The first-order valence-electron chi connectivity index (χ1n) is 20.4. The van der Waals surface area contributed by atoms with Crippen molar-refractivity contribution in [1.82, 2.24) is 13.7 Å².